The summed E-state index contributed by atoms with van der Waals surface area (Å²) in [6, 6.07) is 4.77. The molecule has 0 spiro atoms. The van der Waals surface area contributed by atoms with Crippen molar-refractivity contribution in [3.8, 4) is 0 Å². The van der Waals surface area contributed by atoms with Gasteiger partial charge in [0.25, 0.3) is 5.91 Å². The maximum Gasteiger partial charge on any atom is 0.338 e. The Balaban J connectivity index is 1.70. The molecular weight excluding hydrogens is 318 g/mol. The number of carbonyl (C=O) groups excluding carboxylic acids is 2. The van der Waals surface area contributed by atoms with E-state index in [0.29, 0.717) is 28.2 Å². The number of aromatic nitrogens is 2. The predicted molar refractivity (Wildman–Crippen MR) is 84.2 cm³/mol. The van der Waals surface area contributed by atoms with E-state index in [-0.39, 0.29) is 0 Å². The molecule has 2 heterocycles. The molecule has 2 aromatic heterocycles. The van der Waals surface area contributed by atoms with Gasteiger partial charge in [-0.2, -0.15) is 0 Å². The summed E-state index contributed by atoms with van der Waals surface area (Å²) in [6.07, 6.45) is 2.35. The summed E-state index contributed by atoms with van der Waals surface area (Å²) in [5.41, 5.74) is 1.45. The molecule has 3 aromatic rings. The number of oxazole rings is 1. The van der Waals surface area contributed by atoms with Gasteiger partial charge in [-0.25, -0.2) is 14.8 Å². The Morgan fingerprint density at radius 1 is 1.39 bits per heavy atom. The van der Waals surface area contributed by atoms with Crippen LogP contribution in [0.3, 0.4) is 0 Å². The first-order chi connectivity index (χ1) is 11.2. The first-order valence-corrected chi connectivity index (χ1v) is 7.80. The highest BCUT2D eigenvalue weighted by atomic mass is 32.1. The number of ether oxygens (including phenoxy) is 1. The fourth-order valence-corrected chi connectivity index (χ4v) is 2.51. The van der Waals surface area contributed by atoms with Crippen LogP contribution >= 0.6 is 11.3 Å². The Labute approximate surface area is 135 Å². The average Bonchev–Trinajstić information content (AvgIpc) is 3.22. The number of nitrogens with zero attached hydrogens (tertiary/aromatic N) is 2. The minimum atomic E-state index is -0.889. The molecule has 3 rings (SSSR count). The van der Waals surface area contributed by atoms with E-state index in [1.165, 1.54) is 17.7 Å². The van der Waals surface area contributed by atoms with Crippen LogP contribution in [0.15, 0.2) is 40.6 Å². The molecule has 0 saturated carbocycles. The molecule has 1 atom stereocenters. The normalized spacial score (nSPS) is 12.0. The zero-order chi connectivity index (χ0) is 16.2. The predicted octanol–water partition coefficient (Wildman–Crippen LogP) is 2.86. The smallest absolute Gasteiger partial charge is 0.338 e. The molecule has 0 fully saturated rings. The fourth-order valence-electron chi connectivity index (χ4n) is 1.98. The van der Waals surface area contributed by atoms with E-state index in [1.807, 2.05) is 0 Å². The molecule has 0 bridgehead atoms. The first kappa shape index (κ1) is 15.2. The number of hydrogen-bond donors (Lipinski definition) is 1. The lowest BCUT2D eigenvalue weighted by atomic mass is 10.2. The van der Waals surface area contributed by atoms with Gasteiger partial charge in [0.15, 0.2) is 23.2 Å². The molecule has 1 N–H and O–H groups in total. The summed E-state index contributed by atoms with van der Waals surface area (Å²) < 4.78 is 10.4. The molecule has 1 unspecified atom stereocenters. The van der Waals surface area contributed by atoms with Gasteiger partial charge < -0.3 is 9.15 Å². The maximum absolute atomic E-state index is 12.2. The maximum atomic E-state index is 12.2. The molecule has 0 aliphatic heterocycles. The van der Waals surface area contributed by atoms with Crippen molar-refractivity contribution >= 4 is 39.4 Å². The highest BCUT2D eigenvalue weighted by Gasteiger charge is 2.23. The number of thiazole rings is 1. The Hall–Kier alpha value is -2.74. The van der Waals surface area contributed by atoms with Gasteiger partial charge in [-0.05, 0) is 24.6 Å². The Morgan fingerprint density at radius 3 is 3.00 bits per heavy atom. The Morgan fingerprint density at radius 2 is 2.26 bits per heavy atom. The molecule has 7 nitrogen and oxygen atoms in total. The van der Waals surface area contributed by atoms with Crippen LogP contribution in [-0.2, 0) is 9.53 Å². The molecular formula is C15H13N3O4S. The van der Waals surface area contributed by atoms with Crippen molar-refractivity contribution in [2.24, 2.45) is 0 Å². The first-order valence-electron chi connectivity index (χ1n) is 6.92. The Kier molecular flexibility index (Phi) is 4.33. The number of nitrogens with one attached hydrogen (secondary N) is 1. The van der Waals surface area contributed by atoms with Gasteiger partial charge >= 0.3 is 5.97 Å². The highest BCUT2D eigenvalue weighted by molar-refractivity contribution is 7.13. The lowest BCUT2D eigenvalue weighted by molar-refractivity contribution is -0.124. The van der Waals surface area contributed by atoms with Crippen molar-refractivity contribution in [3.63, 3.8) is 0 Å². The molecule has 0 aliphatic rings. The number of hydrogen-bond acceptors (Lipinski definition) is 7. The van der Waals surface area contributed by atoms with E-state index in [9.17, 15) is 9.59 Å². The van der Waals surface area contributed by atoms with Crippen LogP contribution in [0.5, 0.6) is 0 Å². The average molecular weight is 331 g/mol. The second-order valence-electron chi connectivity index (χ2n) is 4.66. The number of fused-ring (bicyclic) bond motifs is 1. The molecule has 0 radical (unpaired) electrons. The van der Waals surface area contributed by atoms with Crippen molar-refractivity contribution in [1.29, 1.82) is 0 Å². The molecule has 0 saturated heterocycles. The second-order valence-corrected chi connectivity index (χ2v) is 5.56. The Bertz CT molecular complexity index is 828. The summed E-state index contributed by atoms with van der Waals surface area (Å²) in [6.45, 7) is 1.76. The minimum Gasteiger partial charge on any atom is -0.449 e. The van der Waals surface area contributed by atoms with Gasteiger partial charge in [-0.3, -0.25) is 10.1 Å². The monoisotopic (exact) mass is 331 g/mol. The van der Waals surface area contributed by atoms with Gasteiger partial charge in [-0.1, -0.05) is 6.92 Å². The number of carbonyl (C=O) groups is 2. The zero-order valence-corrected chi connectivity index (χ0v) is 13.0. The summed E-state index contributed by atoms with van der Waals surface area (Å²) in [5.74, 6) is -0.991. The largest absolute Gasteiger partial charge is 0.449 e. The van der Waals surface area contributed by atoms with Crippen LogP contribution in [-0.4, -0.2) is 27.9 Å². The number of rotatable bonds is 5. The van der Waals surface area contributed by atoms with Gasteiger partial charge in [-0.15, -0.1) is 11.3 Å². The number of anilines is 1. The van der Waals surface area contributed by atoms with Crippen molar-refractivity contribution in [1.82, 2.24) is 9.97 Å². The third-order valence-corrected chi connectivity index (χ3v) is 3.83. The quantitative estimate of drug-likeness (QED) is 0.722. The highest BCUT2D eigenvalue weighted by Crippen LogP contribution is 2.17. The van der Waals surface area contributed by atoms with E-state index < -0.39 is 18.0 Å². The van der Waals surface area contributed by atoms with Crippen LogP contribution in [0.25, 0.3) is 11.1 Å². The molecule has 0 aliphatic carbocycles. The van der Waals surface area contributed by atoms with E-state index in [0.717, 1.165) is 0 Å². The van der Waals surface area contributed by atoms with Crippen molar-refractivity contribution in [2.45, 2.75) is 19.4 Å². The molecule has 1 amide bonds. The topological polar surface area (TPSA) is 94.3 Å². The van der Waals surface area contributed by atoms with E-state index in [1.54, 1.807) is 36.7 Å². The summed E-state index contributed by atoms with van der Waals surface area (Å²) in [5, 5.41) is 4.83. The van der Waals surface area contributed by atoms with Crippen LogP contribution in [0.1, 0.15) is 23.7 Å². The lowest BCUT2D eigenvalue weighted by Crippen LogP contribution is -2.32. The van der Waals surface area contributed by atoms with Crippen LogP contribution in [0.4, 0.5) is 5.13 Å². The third-order valence-electron chi connectivity index (χ3n) is 3.14. The third kappa shape index (κ3) is 3.37. The molecule has 8 heteroatoms. The van der Waals surface area contributed by atoms with Gasteiger partial charge in [0.2, 0.25) is 0 Å². The van der Waals surface area contributed by atoms with Crippen molar-refractivity contribution in [3.05, 3.63) is 41.7 Å². The second kappa shape index (κ2) is 6.57. The van der Waals surface area contributed by atoms with Crippen molar-refractivity contribution < 1.29 is 18.7 Å². The standard InChI is InChI=1S/C15H13N3O4S/c1-2-11(13(19)18-15-16-5-6-23-15)22-14(20)9-3-4-12-10(7-9)17-8-21-12/h3-8,11H,2H2,1H3,(H,16,18,19). The number of benzene rings is 1. The SMILES string of the molecule is CCC(OC(=O)c1ccc2ocnc2c1)C(=O)Nc1nccs1. The zero-order valence-electron chi connectivity index (χ0n) is 12.2. The van der Waals surface area contributed by atoms with Gasteiger partial charge in [0, 0.05) is 11.6 Å². The molecule has 118 valence electrons. The molecule has 23 heavy (non-hydrogen) atoms. The van der Waals surface area contributed by atoms with Crippen LogP contribution in [0, 0.1) is 0 Å². The summed E-state index contributed by atoms with van der Waals surface area (Å²) in [4.78, 5) is 32.3. The minimum absolute atomic E-state index is 0.312. The fraction of sp³-hybridized carbons (Fsp3) is 0.200. The van der Waals surface area contributed by atoms with E-state index in [2.05, 4.69) is 15.3 Å². The molecule has 1 aromatic carbocycles. The van der Waals surface area contributed by atoms with Gasteiger partial charge in [0.05, 0.1) is 5.56 Å². The number of amides is 1. The number of esters is 1. The lowest BCUT2D eigenvalue weighted by Gasteiger charge is -2.15. The summed E-state index contributed by atoms with van der Waals surface area (Å²) in [7, 11) is 0. The van der Waals surface area contributed by atoms with Crippen LogP contribution < -0.4 is 5.32 Å². The van der Waals surface area contributed by atoms with Crippen LogP contribution in [0.2, 0.25) is 0 Å². The van der Waals surface area contributed by atoms with E-state index >= 15 is 0 Å². The van der Waals surface area contributed by atoms with Gasteiger partial charge in [0.1, 0.15) is 5.52 Å². The van der Waals surface area contributed by atoms with E-state index in [4.69, 9.17) is 9.15 Å². The van der Waals surface area contributed by atoms with Crippen molar-refractivity contribution in [2.75, 3.05) is 5.32 Å². The summed E-state index contributed by atoms with van der Waals surface area (Å²) >= 11 is 1.29.